The number of aryl methyl sites for hydroxylation is 1. The minimum atomic E-state index is 0.689. The summed E-state index contributed by atoms with van der Waals surface area (Å²) in [7, 11) is 0. The Balaban J connectivity index is 2.13. The molecule has 0 saturated carbocycles. The maximum atomic E-state index is 4.22. The molecule has 1 atom stereocenters. The summed E-state index contributed by atoms with van der Waals surface area (Å²) < 4.78 is 2.29. The maximum Gasteiger partial charge on any atom is 0.0948 e. The number of hydrogen-bond acceptors (Lipinski definition) is 2. The van der Waals surface area contributed by atoms with Crippen LogP contribution in [0.2, 0.25) is 0 Å². The van der Waals surface area contributed by atoms with E-state index in [0.717, 1.165) is 19.6 Å². The van der Waals surface area contributed by atoms with Gasteiger partial charge in [0.15, 0.2) is 0 Å². The topological polar surface area (TPSA) is 29.9 Å². The lowest BCUT2D eigenvalue weighted by Crippen LogP contribution is -2.11. The maximum absolute atomic E-state index is 4.22. The molecule has 1 aromatic heterocycles. The van der Waals surface area contributed by atoms with Gasteiger partial charge in [-0.1, -0.05) is 6.92 Å². The molecule has 0 aliphatic carbocycles. The van der Waals surface area contributed by atoms with Gasteiger partial charge in [-0.2, -0.15) is 0 Å². The van der Waals surface area contributed by atoms with Gasteiger partial charge in [-0.25, -0.2) is 4.98 Å². The van der Waals surface area contributed by atoms with Crippen molar-refractivity contribution in [2.24, 2.45) is 0 Å². The number of aromatic nitrogens is 2. The molecule has 0 aromatic carbocycles. The minimum Gasteiger partial charge on any atom is -0.334 e. The highest BCUT2D eigenvalue weighted by Crippen LogP contribution is 2.21. The Labute approximate surface area is 79.2 Å². The molecule has 3 nitrogen and oxygen atoms in total. The SMILES string of the molecule is CCCn1cncc1C1CCNC1. The second-order valence-corrected chi connectivity index (χ2v) is 3.70. The number of nitrogens with one attached hydrogen (secondary N) is 1. The highest BCUT2D eigenvalue weighted by Gasteiger charge is 2.19. The molecular formula is C10H17N3. The van der Waals surface area contributed by atoms with Crippen molar-refractivity contribution in [3.8, 4) is 0 Å². The van der Waals surface area contributed by atoms with Crippen LogP contribution in [0.1, 0.15) is 31.4 Å². The van der Waals surface area contributed by atoms with Crippen molar-refractivity contribution in [3.05, 3.63) is 18.2 Å². The van der Waals surface area contributed by atoms with Gasteiger partial charge >= 0.3 is 0 Å². The minimum absolute atomic E-state index is 0.689. The summed E-state index contributed by atoms with van der Waals surface area (Å²) in [5, 5.41) is 3.39. The molecule has 1 aromatic rings. The normalized spacial score (nSPS) is 22.4. The van der Waals surface area contributed by atoms with Crippen molar-refractivity contribution >= 4 is 0 Å². The molecule has 72 valence electrons. The average Bonchev–Trinajstić information content (AvgIpc) is 2.71. The molecule has 1 aliphatic rings. The van der Waals surface area contributed by atoms with Crippen molar-refractivity contribution < 1.29 is 0 Å². The van der Waals surface area contributed by atoms with Crippen LogP contribution in [-0.2, 0) is 6.54 Å². The molecule has 1 aliphatic heterocycles. The Morgan fingerprint density at radius 2 is 2.62 bits per heavy atom. The van der Waals surface area contributed by atoms with Crippen LogP contribution in [0.3, 0.4) is 0 Å². The summed E-state index contributed by atoms with van der Waals surface area (Å²) in [4.78, 5) is 4.22. The first-order valence-corrected chi connectivity index (χ1v) is 5.12. The lowest BCUT2D eigenvalue weighted by atomic mass is 10.1. The highest BCUT2D eigenvalue weighted by molar-refractivity contribution is 5.09. The molecule has 0 bridgehead atoms. The quantitative estimate of drug-likeness (QED) is 0.759. The van der Waals surface area contributed by atoms with Gasteiger partial charge in [0.25, 0.3) is 0 Å². The van der Waals surface area contributed by atoms with E-state index >= 15 is 0 Å². The van der Waals surface area contributed by atoms with Gasteiger partial charge in [-0.05, 0) is 19.4 Å². The smallest absolute Gasteiger partial charge is 0.0948 e. The molecular weight excluding hydrogens is 162 g/mol. The number of hydrogen-bond donors (Lipinski definition) is 1. The Morgan fingerprint density at radius 3 is 3.31 bits per heavy atom. The van der Waals surface area contributed by atoms with E-state index in [1.54, 1.807) is 0 Å². The van der Waals surface area contributed by atoms with Gasteiger partial charge in [-0.15, -0.1) is 0 Å². The molecule has 0 amide bonds. The summed E-state index contributed by atoms with van der Waals surface area (Å²) in [6.45, 7) is 5.58. The fraction of sp³-hybridized carbons (Fsp3) is 0.700. The lowest BCUT2D eigenvalue weighted by Gasteiger charge is -2.11. The van der Waals surface area contributed by atoms with Crippen LogP contribution in [0.15, 0.2) is 12.5 Å². The molecule has 1 N–H and O–H groups in total. The van der Waals surface area contributed by atoms with Gasteiger partial charge in [-0.3, -0.25) is 0 Å². The summed E-state index contributed by atoms with van der Waals surface area (Å²) in [5.41, 5.74) is 1.41. The number of rotatable bonds is 3. The molecule has 0 radical (unpaired) electrons. The highest BCUT2D eigenvalue weighted by atomic mass is 15.1. The van der Waals surface area contributed by atoms with E-state index < -0.39 is 0 Å². The van der Waals surface area contributed by atoms with Crippen LogP contribution >= 0.6 is 0 Å². The summed E-state index contributed by atoms with van der Waals surface area (Å²) >= 11 is 0. The molecule has 3 heteroatoms. The van der Waals surface area contributed by atoms with Crippen LogP contribution in [0, 0.1) is 0 Å². The zero-order valence-electron chi connectivity index (χ0n) is 8.16. The number of nitrogens with zero attached hydrogens (tertiary/aromatic N) is 2. The van der Waals surface area contributed by atoms with E-state index in [1.807, 2.05) is 12.5 Å². The standard InChI is InChI=1S/C10H17N3/c1-2-5-13-8-12-7-10(13)9-3-4-11-6-9/h7-9,11H,2-6H2,1H3. The molecule has 1 unspecified atom stereocenters. The predicted octanol–water partition coefficient (Wildman–Crippen LogP) is 1.37. The van der Waals surface area contributed by atoms with E-state index in [2.05, 4.69) is 21.8 Å². The van der Waals surface area contributed by atoms with Gasteiger partial charge in [0, 0.05) is 30.9 Å². The summed E-state index contributed by atoms with van der Waals surface area (Å²) in [5.74, 6) is 0.689. The van der Waals surface area contributed by atoms with Crippen LogP contribution in [0.25, 0.3) is 0 Å². The number of imidazole rings is 1. The third-order valence-corrected chi connectivity index (χ3v) is 2.69. The van der Waals surface area contributed by atoms with Crippen molar-refractivity contribution in [2.45, 2.75) is 32.2 Å². The largest absolute Gasteiger partial charge is 0.334 e. The molecule has 2 heterocycles. The fourth-order valence-corrected chi connectivity index (χ4v) is 2.01. The zero-order valence-corrected chi connectivity index (χ0v) is 8.16. The predicted molar refractivity (Wildman–Crippen MR) is 52.7 cm³/mol. The third kappa shape index (κ3) is 1.75. The lowest BCUT2D eigenvalue weighted by molar-refractivity contribution is 0.604. The molecule has 1 fully saturated rings. The van der Waals surface area contributed by atoms with Crippen LogP contribution < -0.4 is 5.32 Å². The van der Waals surface area contributed by atoms with Crippen molar-refractivity contribution in [1.82, 2.24) is 14.9 Å². The molecule has 13 heavy (non-hydrogen) atoms. The summed E-state index contributed by atoms with van der Waals surface area (Å²) in [6.07, 6.45) is 6.42. The molecule has 0 spiro atoms. The van der Waals surface area contributed by atoms with Crippen LogP contribution in [0.5, 0.6) is 0 Å². The van der Waals surface area contributed by atoms with Crippen molar-refractivity contribution in [1.29, 1.82) is 0 Å². The van der Waals surface area contributed by atoms with Gasteiger partial charge in [0.1, 0.15) is 0 Å². The van der Waals surface area contributed by atoms with E-state index in [-0.39, 0.29) is 0 Å². The first-order valence-electron chi connectivity index (χ1n) is 5.12. The van der Waals surface area contributed by atoms with Crippen molar-refractivity contribution in [3.63, 3.8) is 0 Å². The van der Waals surface area contributed by atoms with E-state index in [1.165, 1.54) is 18.5 Å². The Morgan fingerprint density at radius 1 is 1.69 bits per heavy atom. The van der Waals surface area contributed by atoms with Gasteiger partial charge < -0.3 is 9.88 Å². The van der Waals surface area contributed by atoms with E-state index in [4.69, 9.17) is 0 Å². The second kappa shape index (κ2) is 3.92. The molecule has 2 rings (SSSR count). The van der Waals surface area contributed by atoms with E-state index in [9.17, 15) is 0 Å². The third-order valence-electron chi connectivity index (χ3n) is 2.69. The second-order valence-electron chi connectivity index (χ2n) is 3.70. The van der Waals surface area contributed by atoms with Crippen LogP contribution in [-0.4, -0.2) is 22.6 Å². The Bertz CT molecular complexity index is 261. The van der Waals surface area contributed by atoms with Gasteiger partial charge in [0.05, 0.1) is 6.33 Å². The first-order chi connectivity index (χ1) is 6.42. The summed E-state index contributed by atoms with van der Waals surface area (Å²) in [6, 6.07) is 0. The van der Waals surface area contributed by atoms with E-state index in [0.29, 0.717) is 5.92 Å². The first kappa shape index (κ1) is 8.75. The molecule has 1 saturated heterocycles. The van der Waals surface area contributed by atoms with Crippen molar-refractivity contribution in [2.75, 3.05) is 13.1 Å². The monoisotopic (exact) mass is 179 g/mol. The zero-order chi connectivity index (χ0) is 9.10. The van der Waals surface area contributed by atoms with Gasteiger partial charge in [0.2, 0.25) is 0 Å². The van der Waals surface area contributed by atoms with Crippen LogP contribution in [0.4, 0.5) is 0 Å². The average molecular weight is 179 g/mol. The Kier molecular flexibility index (Phi) is 2.64. The Hall–Kier alpha value is -0.830. The fourth-order valence-electron chi connectivity index (χ4n) is 2.01.